The van der Waals surface area contributed by atoms with E-state index in [1.165, 1.54) is 5.56 Å². The molecule has 1 aromatic rings. The van der Waals surface area contributed by atoms with Crippen LogP contribution in [0.15, 0.2) is 24.3 Å². The first-order valence-corrected chi connectivity index (χ1v) is 7.54. The molecule has 1 saturated heterocycles. The van der Waals surface area contributed by atoms with Crippen LogP contribution in [0.2, 0.25) is 0 Å². The van der Waals surface area contributed by atoms with Crippen molar-refractivity contribution in [3.8, 4) is 0 Å². The lowest BCUT2D eigenvalue weighted by molar-refractivity contribution is -0.123. The van der Waals surface area contributed by atoms with Crippen molar-refractivity contribution in [2.45, 2.75) is 19.4 Å². The molecule has 0 radical (unpaired) electrons. The highest BCUT2D eigenvalue weighted by Crippen LogP contribution is 2.27. The van der Waals surface area contributed by atoms with Crippen molar-refractivity contribution in [3.63, 3.8) is 0 Å². The summed E-state index contributed by atoms with van der Waals surface area (Å²) in [5, 5.41) is 3.33. The van der Waals surface area contributed by atoms with Crippen LogP contribution in [0.3, 0.4) is 0 Å². The Morgan fingerprint density at radius 2 is 1.95 bits per heavy atom. The van der Waals surface area contributed by atoms with E-state index in [4.69, 9.17) is 0 Å². The maximum atomic E-state index is 12.9. The Balaban J connectivity index is 1.86. The van der Waals surface area contributed by atoms with Crippen LogP contribution in [0.1, 0.15) is 18.4 Å². The Bertz CT molecular complexity index is 482. The highest BCUT2D eigenvalue weighted by molar-refractivity contribution is 5.96. The summed E-state index contributed by atoms with van der Waals surface area (Å²) in [6, 6.07) is 8.32. The van der Waals surface area contributed by atoms with Gasteiger partial charge in [0.25, 0.3) is 0 Å². The van der Waals surface area contributed by atoms with Gasteiger partial charge in [-0.1, -0.05) is 18.2 Å². The number of anilines is 1. The molecule has 0 aromatic heterocycles. The number of carbonyl (C=O) groups excluding carboxylic acids is 1. The number of benzene rings is 1. The largest absolute Gasteiger partial charge is 0.317 e. The molecule has 1 aromatic carbocycles. The number of amides is 1. The molecule has 0 bridgehead atoms. The molecule has 0 atom stereocenters. The van der Waals surface area contributed by atoms with E-state index in [1.54, 1.807) is 0 Å². The molecule has 1 N–H and O–H groups in total. The number of rotatable bonds is 1. The van der Waals surface area contributed by atoms with Crippen molar-refractivity contribution < 1.29 is 4.79 Å². The third kappa shape index (κ3) is 2.72. The van der Waals surface area contributed by atoms with Crippen LogP contribution in [0.4, 0.5) is 5.69 Å². The van der Waals surface area contributed by atoms with Crippen LogP contribution in [-0.4, -0.2) is 44.0 Å². The van der Waals surface area contributed by atoms with Crippen LogP contribution in [0.5, 0.6) is 0 Å². The fourth-order valence-electron chi connectivity index (χ4n) is 3.19. The first-order valence-electron chi connectivity index (χ1n) is 7.54. The van der Waals surface area contributed by atoms with Crippen molar-refractivity contribution in [2.24, 2.45) is 5.92 Å². The van der Waals surface area contributed by atoms with E-state index in [-0.39, 0.29) is 5.92 Å². The van der Waals surface area contributed by atoms with Gasteiger partial charge in [-0.05, 0) is 44.6 Å². The topological polar surface area (TPSA) is 35.6 Å². The maximum Gasteiger partial charge on any atom is 0.230 e. The monoisotopic (exact) mass is 273 g/mol. The van der Waals surface area contributed by atoms with Gasteiger partial charge in [-0.3, -0.25) is 4.79 Å². The van der Waals surface area contributed by atoms with Gasteiger partial charge in [-0.25, -0.2) is 0 Å². The molecule has 20 heavy (non-hydrogen) atoms. The molecule has 0 unspecified atom stereocenters. The predicted molar refractivity (Wildman–Crippen MR) is 80.7 cm³/mol. The number of likely N-dealkylation sites (N-methyl/N-ethyl adjacent to an activating group) is 1. The van der Waals surface area contributed by atoms with Crippen LogP contribution in [0.25, 0.3) is 0 Å². The van der Waals surface area contributed by atoms with Crippen molar-refractivity contribution in [1.29, 1.82) is 0 Å². The molecular weight excluding hydrogens is 250 g/mol. The van der Waals surface area contributed by atoms with E-state index >= 15 is 0 Å². The second kappa shape index (κ2) is 5.94. The summed E-state index contributed by atoms with van der Waals surface area (Å²) < 4.78 is 0. The van der Waals surface area contributed by atoms with Crippen molar-refractivity contribution in [2.75, 3.05) is 38.1 Å². The smallest absolute Gasteiger partial charge is 0.230 e. The van der Waals surface area contributed by atoms with E-state index in [0.29, 0.717) is 5.91 Å². The fraction of sp³-hybridized carbons (Fsp3) is 0.562. The second-order valence-electron chi connectivity index (χ2n) is 5.88. The van der Waals surface area contributed by atoms with Crippen LogP contribution in [0, 0.1) is 5.92 Å². The van der Waals surface area contributed by atoms with Crippen molar-refractivity contribution in [1.82, 2.24) is 10.2 Å². The number of piperidine rings is 1. The first kappa shape index (κ1) is 13.6. The first-order chi connectivity index (χ1) is 9.75. The van der Waals surface area contributed by atoms with E-state index in [2.05, 4.69) is 35.5 Å². The fourth-order valence-corrected chi connectivity index (χ4v) is 3.19. The van der Waals surface area contributed by atoms with Crippen LogP contribution in [-0.2, 0) is 11.3 Å². The summed E-state index contributed by atoms with van der Waals surface area (Å²) in [5.41, 5.74) is 2.37. The maximum absolute atomic E-state index is 12.9. The summed E-state index contributed by atoms with van der Waals surface area (Å²) in [7, 11) is 2.12. The molecule has 2 aliphatic heterocycles. The van der Waals surface area contributed by atoms with E-state index in [0.717, 1.165) is 51.3 Å². The molecule has 0 saturated carbocycles. The summed E-state index contributed by atoms with van der Waals surface area (Å²) in [6.45, 7) is 4.59. The Kier molecular flexibility index (Phi) is 4.03. The summed E-state index contributed by atoms with van der Waals surface area (Å²) in [6.07, 6.45) is 1.93. The second-order valence-corrected chi connectivity index (χ2v) is 5.88. The third-order valence-electron chi connectivity index (χ3n) is 4.38. The standard InChI is InChI=1S/C16H23N3O/c1-18-10-11-19(15-5-3-2-4-14(15)12-18)16(20)13-6-8-17-9-7-13/h2-5,13,17H,6-12H2,1H3. The van der Waals surface area contributed by atoms with Gasteiger partial charge in [0.2, 0.25) is 5.91 Å². The lowest BCUT2D eigenvalue weighted by Gasteiger charge is -2.29. The average molecular weight is 273 g/mol. The van der Waals surface area contributed by atoms with E-state index < -0.39 is 0 Å². The quantitative estimate of drug-likeness (QED) is 0.841. The lowest BCUT2D eigenvalue weighted by Crippen LogP contribution is -2.42. The summed E-state index contributed by atoms with van der Waals surface area (Å²) in [5.74, 6) is 0.502. The molecule has 108 valence electrons. The number of para-hydroxylation sites is 1. The minimum absolute atomic E-state index is 0.188. The van der Waals surface area contributed by atoms with Gasteiger partial charge in [0, 0.05) is 31.2 Å². The third-order valence-corrected chi connectivity index (χ3v) is 4.38. The van der Waals surface area contributed by atoms with Crippen molar-refractivity contribution >= 4 is 11.6 Å². The highest BCUT2D eigenvalue weighted by Gasteiger charge is 2.29. The number of fused-ring (bicyclic) bond motifs is 1. The number of nitrogens with zero attached hydrogens (tertiary/aromatic N) is 2. The molecule has 1 fully saturated rings. The molecule has 1 amide bonds. The molecule has 4 heteroatoms. The molecule has 3 rings (SSSR count). The van der Waals surface area contributed by atoms with Gasteiger partial charge >= 0.3 is 0 Å². The molecule has 2 heterocycles. The van der Waals surface area contributed by atoms with E-state index in [9.17, 15) is 4.79 Å². The van der Waals surface area contributed by atoms with Gasteiger partial charge in [-0.2, -0.15) is 0 Å². The van der Waals surface area contributed by atoms with Gasteiger partial charge in [0.05, 0.1) is 0 Å². The summed E-state index contributed by atoms with van der Waals surface area (Å²) in [4.78, 5) is 17.2. The number of nitrogens with one attached hydrogen (secondary N) is 1. The minimum Gasteiger partial charge on any atom is -0.317 e. The lowest BCUT2D eigenvalue weighted by atomic mass is 9.96. The average Bonchev–Trinajstić information content (AvgIpc) is 2.66. The number of carbonyl (C=O) groups is 1. The zero-order valence-corrected chi connectivity index (χ0v) is 12.1. The normalized spacial score (nSPS) is 21.4. The van der Waals surface area contributed by atoms with Crippen molar-refractivity contribution in [3.05, 3.63) is 29.8 Å². The SMILES string of the molecule is CN1CCN(C(=O)C2CCNCC2)c2ccccc2C1. The number of hydrogen-bond acceptors (Lipinski definition) is 3. The Morgan fingerprint density at radius 1 is 1.20 bits per heavy atom. The molecule has 4 nitrogen and oxygen atoms in total. The molecule has 0 spiro atoms. The zero-order chi connectivity index (χ0) is 13.9. The number of hydrogen-bond donors (Lipinski definition) is 1. The Labute approximate surface area is 120 Å². The highest BCUT2D eigenvalue weighted by atomic mass is 16.2. The molecule has 0 aliphatic carbocycles. The Morgan fingerprint density at radius 3 is 2.75 bits per heavy atom. The summed E-state index contributed by atoms with van der Waals surface area (Å²) >= 11 is 0. The van der Waals surface area contributed by atoms with Gasteiger partial charge in [0.1, 0.15) is 0 Å². The molecule has 2 aliphatic rings. The van der Waals surface area contributed by atoms with Gasteiger partial charge in [-0.15, -0.1) is 0 Å². The van der Waals surface area contributed by atoms with Crippen LogP contribution < -0.4 is 10.2 Å². The van der Waals surface area contributed by atoms with Gasteiger partial charge < -0.3 is 15.1 Å². The van der Waals surface area contributed by atoms with Crippen LogP contribution >= 0.6 is 0 Å². The van der Waals surface area contributed by atoms with E-state index in [1.807, 2.05) is 11.0 Å². The van der Waals surface area contributed by atoms with Gasteiger partial charge in [0.15, 0.2) is 0 Å². The zero-order valence-electron chi connectivity index (χ0n) is 12.1. The Hall–Kier alpha value is -1.39. The molecular formula is C16H23N3O. The minimum atomic E-state index is 0.188. The predicted octanol–water partition coefficient (Wildman–Crippen LogP) is 1.46.